The van der Waals surface area contributed by atoms with Gasteiger partial charge in [0, 0.05) is 6.54 Å². The molecule has 124 valence electrons. The highest BCUT2D eigenvalue weighted by Crippen LogP contribution is 2.28. The zero-order valence-corrected chi connectivity index (χ0v) is 14.9. The van der Waals surface area contributed by atoms with Crippen LogP contribution in [-0.4, -0.2) is 31.1 Å². The van der Waals surface area contributed by atoms with Gasteiger partial charge in [0.25, 0.3) is 0 Å². The minimum absolute atomic E-state index is 0.254. The van der Waals surface area contributed by atoms with Crippen LogP contribution in [0.15, 0.2) is 24.3 Å². The fourth-order valence-electron chi connectivity index (χ4n) is 2.97. The van der Waals surface area contributed by atoms with E-state index in [9.17, 15) is 0 Å². The van der Waals surface area contributed by atoms with E-state index in [4.69, 9.17) is 4.74 Å². The van der Waals surface area contributed by atoms with Crippen molar-refractivity contribution in [3.8, 4) is 5.75 Å². The molecule has 2 heteroatoms. The number of hydrogen-bond donors (Lipinski definition) is 0. The highest BCUT2D eigenvalue weighted by atomic mass is 16.5. The number of benzene rings is 1. The van der Waals surface area contributed by atoms with Crippen LogP contribution in [0.2, 0.25) is 0 Å². The first kappa shape index (κ1) is 17.3. The second-order valence-corrected chi connectivity index (χ2v) is 7.49. The molecule has 0 unspecified atom stereocenters. The largest absolute Gasteiger partial charge is 0.494 e. The molecule has 0 spiro atoms. The quantitative estimate of drug-likeness (QED) is 0.666. The van der Waals surface area contributed by atoms with E-state index in [1.165, 1.54) is 38.0 Å². The van der Waals surface area contributed by atoms with Crippen molar-refractivity contribution in [3.63, 3.8) is 0 Å². The minimum atomic E-state index is 0.254. The van der Waals surface area contributed by atoms with Crippen LogP contribution in [-0.2, 0) is 5.41 Å². The van der Waals surface area contributed by atoms with Gasteiger partial charge >= 0.3 is 0 Å². The molecule has 0 atom stereocenters. The molecule has 2 rings (SSSR count). The predicted molar refractivity (Wildman–Crippen MR) is 94.7 cm³/mol. The van der Waals surface area contributed by atoms with E-state index in [1.807, 2.05) is 0 Å². The van der Waals surface area contributed by atoms with Crippen LogP contribution >= 0.6 is 0 Å². The van der Waals surface area contributed by atoms with E-state index >= 15 is 0 Å². The zero-order chi connectivity index (χ0) is 16.0. The molecule has 22 heavy (non-hydrogen) atoms. The standard InChI is InChI=1S/C20H33NO/c1-5-20(3,4)18-7-9-19(10-8-18)22-16-6-13-21-14-11-17(2)12-15-21/h7-10,17H,5-6,11-16H2,1-4H3. The summed E-state index contributed by atoms with van der Waals surface area (Å²) < 4.78 is 5.89. The maximum absolute atomic E-state index is 5.89. The molecule has 1 saturated heterocycles. The molecule has 0 aromatic heterocycles. The molecule has 1 aliphatic rings. The van der Waals surface area contributed by atoms with Gasteiger partial charge in [0.2, 0.25) is 0 Å². The summed E-state index contributed by atoms with van der Waals surface area (Å²) in [4.78, 5) is 2.58. The van der Waals surface area contributed by atoms with Crippen molar-refractivity contribution >= 4 is 0 Å². The third-order valence-electron chi connectivity index (χ3n) is 5.28. The summed E-state index contributed by atoms with van der Waals surface area (Å²) in [5.74, 6) is 1.92. The Bertz CT molecular complexity index is 430. The highest BCUT2D eigenvalue weighted by molar-refractivity contribution is 5.31. The molecule has 1 fully saturated rings. The zero-order valence-electron chi connectivity index (χ0n) is 14.9. The van der Waals surface area contributed by atoms with E-state index in [-0.39, 0.29) is 5.41 Å². The fourth-order valence-corrected chi connectivity index (χ4v) is 2.97. The lowest BCUT2D eigenvalue weighted by molar-refractivity contribution is 0.177. The van der Waals surface area contributed by atoms with Crippen LogP contribution in [0.25, 0.3) is 0 Å². The molecule has 0 N–H and O–H groups in total. The Balaban J connectivity index is 1.69. The van der Waals surface area contributed by atoms with Crippen LogP contribution in [0.3, 0.4) is 0 Å². The summed E-state index contributed by atoms with van der Waals surface area (Å²) in [6, 6.07) is 8.67. The fraction of sp³-hybridized carbons (Fsp3) is 0.700. The van der Waals surface area contributed by atoms with E-state index < -0.39 is 0 Å². The summed E-state index contributed by atoms with van der Waals surface area (Å²) in [5, 5.41) is 0. The van der Waals surface area contributed by atoms with Crippen molar-refractivity contribution in [2.75, 3.05) is 26.2 Å². The molecule has 0 saturated carbocycles. The van der Waals surface area contributed by atoms with Gasteiger partial charge in [-0.25, -0.2) is 0 Å². The van der Waals surface area contributed by atoms with Gasteiger partial charge in [0.05, 0.1) is 6.61 Å². The summed E-state index contributed by atoms with van der Waals surface area (Å²) in [7, 11) is 0. The average Bonchev–Trinajstić information content (AvgIpc) is 2.54. The number of hydrogen-bond acceptors (Lipinski definition) is 2. The number of ether oxygens (including phenoxy) is 1. The maximum Gasteiger partial charge on any atom is 0.119 e. The topological polar surface area (TPSA) is 12.5 Å². The summed E-state index contributed by atoms with van der Waals surface area (Å²) >= 11 is 0. The van der Waals surface area contributed by atoms with E-state index in [0.717, 1.165) is 31.1 Å². The Morgan fingerprint density at radius 1 is 1.14 bits per heavy atom. The molecule has 1 heterocycles. The molecule has 1 aliphatic heterocycles. The molecular weight excluding hydrogens is 270 g/mol. The predicted octanol–water partition coefficient (Wildman–Crippen LogP) is 4.88. The van der Waals surface area contributed by atoms with E-state index in [2.05, 4.69) is 56.9 Å². The van der Waals surface area contributed by atoms with Gasteiger partial charge in [-0.2, -0.15) is 0 Å². The van der Waals surface area contributed by atoms with Crippen molar-refractivity contribution in [1.29, 1.82) is 0 Å². The van der Waals surface area contributed by atoms with Crippen molar-refractivity contribution in [1.82, 2.24) is 4.90 Å². The van der Waals surface area contributed by atoms with Crippen molar-refractivity contribution in [3.05, 3.63) is 29.8 Å². The monoisotopic (exact) mass is 303 g/mol. The van der Waals surface area contributed by atoms with Gasteiger partial charge in [0.15, 0.2) is 0 Å². The Kier molecular flexibility index (Phi) is 6.31. The van der Waals surface area contributed by atoms with Crippen LogP contribution in [0.1, 0.15) is 58.9 Å². The second-order valence-electron chi connectivity index (χ2n) is 7.49. The Hall–Kier alpha value is -1.02. The van der Waals surface area contributed by atoms with Crippen molar-refractivity contribution < 1.29 is 4.74 Å². The lowest BCUT2D eigenvalue weighted by atomic mass is 9.82. The number of likely N-dealkylation sites (tertiary alicyclic amines) is 1. The van der Waals surface area contributed by atoms with Crippen molar-refractivity contribution in [2.45, 2.75) is 58.8 Å². The molecule has 2 nitrogen and oxygen atoms in total. The molecule has 0 radical (unpaired) electrons. The maximum atomic E-state index is 5.89. The molecule has 1 aromatic rings. The minimum Gasteiger partial charge on any atom is -0.494 e. The molecular formula is C20H33NO. The Labute approximate surface area is 136 Å². The Morgan fingerprint density at radius 3 is 2.36 bits per heavy atom. The van der Waals surface area contributed by atoms with Crippen LogP contribution < -0.4 is 4.74 Å². The second kappa shape index (κ2) is 8.01. The normalized spacial score (nSPS) is 17.6. The third-order valence-corrected chi connectivity index (χ3v) is 5.28. The van der Waals surface area contributed by atoms with Gasteiger partial charge in [-0.05, 0) is 67.8 Å². The Morgan fingerprint density at radius 2 is 1.77 bits per heavy atom. The van der Waals surface area contributed by atoms with Crippen molar-refractivity contribution in [2.24, 2.45) is 5.92 Å². The van der Waals surface area contributed by atoms with Gasteiger partial charge in [-0.15, -0.1) is 0 Å². The summed E-state index contributed by atoms with van der Waals surface area (Å²) in [6.45, 7) is 13.7. The number of nitrogens with zero attached hydrogens (tertiary/aromatic N) is 1. The molecule has 0 amide bonds. The summed E-state index contributed by atoms with van der Waals surface area (Å²) in [5.41, 5.74) is 1.65. The lowest BCUT2D eigenvalue weighted by Gasteiger charge is -2.30. The third kappa shape index (κ3) is 5.01. The molecule has 0 aliphatic carbocycles. The van der Waals surface area contributed by atoms with Crippen LogP contribution in [0.4, 0.5) is 0 Å². The smallest absolute Gasteiger partial charge is 0.119 e. The van der Waals surface area contributed by atoms with E-state index in [0.29, 0.717) is 0 Å². The molecule has 1 aromatic carbocycles. The summed E-state index contributed by atoms with van der Waals surface area (Å²) in [6.07, 6.45) is 4.99. The average molecular weight is 303 g/mol. The van der Waals surface area contributed by atoms with Gasteiger partial charge in [-0.3, -0.25) is 0 Å². The van der Waals surface area contributed by atoms with Crippen LogP contribution in [0.5, 0.6) is 5.75 Å². The first-order chi connectivity index (χ1) is 10.5. The van der Waals surface area contributed by atoms with Gasteiger partial charge in [-0.1, -0.05) is 39.8 Å². The highest BCUT2D eigenvalue weighted by Gasteiger charge is 2.17. The van der Waals surface area contributed by atoms with Gasteiger partial charge < -0.3 is 9.64 Å². The van der Waals surface area contributed by atoms with Gasteiger partial charge in [0.1, 0.15) is 5.75 Å². The van der Waals surface area contributed by atoms with E-state index in [1.54, 1.807) is 0 Å². The van der Waals surface area contributed by atoms with Crippen LogP contribution in [0, 0.1) is 5.92 Å². The number of rotatable bonds is 7. The molecule has 0 bridgehead atoms. The number of piperidine rings is 1. The first-order valence-corrected chi connectivity index (χ1v) is 8.97. The lowest BCUT2D eigenvalue weighted by Crippen LogP contribution is -2.34. The first-order valence-electron chi connectivity index (χ1n) is 8.97. The SMILES string of the molecule is CCC(C)(C)c1ccc(OCCCN2CCC(C)CC2)cc1.